The molecule has 0 aliphatic rings. The first kappa shape index (κ1) is 14.3. The lowest BCUT2D eigenvalue weighted by molar-refractivity contribution is 0.225. The third kappa shape index (κ3) is 3.86. The molecule has 2 nitrogen and oxygen atoms in total. The Morgan fingerprint density at radius 1 is 1.18 bits per heavy atom. The maximum Gasteiger partial charge on any atom is 0.0951 e. The van der Waals surface area contributed by atoms with Crippen LogP contribution in [-0.2, 0) is 5.54 Å². The fourth-order valence-electron chi connectivity index (χ4n) is 2.42. The van der Waals surface area contributed by atoms with Crippen LogP contribution in [0, 0.1) is 18.8 Å². The average molecular weight is 235 g/mol. The molecule has 0 fully saturated rings. The summed E-state index contributed by atoms with van der Waals surface area (Å²) in [5.74, 6) is 1.41. The van der Waals surface area contributed by atoms with E-state index in [9.17, 15) is 0 Å². The van der Waals surface area contributed by atoms with Crippen LogP contribution in [0.1, 0.15) is 53.4 Å². The lowest BCUT2D eigenvalue weighted by Gasteiger charge is -2.35. The van der Waals surface area contributed by atoms with Crippen LogP contribution in [-0.4, -0.2) is 9.55 Å². The molecule has 0 aliphatic heterocycles. The molecule has 0 saturated carbocycles. The van der Waals surface area contributed by atoms with Crippen LogP contribution < -0.4 is 0 Å². The number of imidazole rings is 1. The monoisotopic (exact) mass is 235 g/mol. The standard InChI is InChI=1S/C15H27N2/c1-6-13(3)10-15(5,11-14(4)7-2)17-9-8-16-12-17/h8-9,12-14H,5-7,10-11H2,1-4H3. The Morgan fingerprint density at radius 2 is 1.71 bits per heavy atom. The molecule has 2 atom stereocenters. The minimum Gasteiger partial charge on any atom is -0.331 e. The third-order valence-corrected chi connectivity index (χ3v) is 3.90. The summed E-state index contributed by atoms with van der Waals surface area (Å²) in [6, 6.07) is 0. The molecule has 1 aromatic heterocycles. The number of nitrogens with zero attached hydrogens (tertiary/aromatic N) is 2. The average Bonchev–Trinajstić information content (AvgIpc) is 2.82. The number of rotatable bonds is 7. The van der Waals surface area contributed by atoms with Crippen molar-refractivity contribution in [3.05, 3.63) is 25.6 Å². The van der Waals surface area contributed by atoms with Gasteiger partial charge in [-0.3, -0.25) is 0 Å². The van der Waals surface area contributed by atoms with E-state index in [1.165, 1.54) is 12.8 Å². The Balaban J connectivity index is 2.84. The van der Waals surface area contributed by atoms with Crippen molar-refractivity contribution in [3.63, 3.8) is 0 Å². The second-order valence-corrected chi connectivity index (χ2v) is 5.63. The van der Waals surface area contributed by atoms with Gasteiger partial charge in [-0.2, -0.15) is 0 Å². The van der Waals surface area contributed by atoms with Gasteiger partial charge in [0.2, 0.25) is 0 Å². The summed E-state index contributed by atoms with van der Waals surface area (Å²) in [4.78, 5) is 4.18. The van der Waals surface area contributed by atoms with E-state index in [1.54, 1.807) is 0 Å². The Bertz CT molecular complexity index is 291. The van der Waals surface area contributed by atoms with Crippen LogP contribution in [0.15, 0.2) is 18.7 Å². The number of hydrogen-bond donors (Lipinski definition) is 0. The van der Waals surface area contributed by atoms with Crippen molar-refractivity contribution in [2.75, 3.05) is 0 Å². The Morgan fingerprint density at radius 3 is 2.06 bits per heavy atom. The van der Waals surface area contributed by atoms with E-state index in [4.69, 9.17) is 0 Å². The summed E-state index contributed by atoms with van der Waals surface area (Å²) in [6.45, 7) is 13.6. The fraction of sp³-hybridized carbons (Fsp3) is 0.733. The molecule has 1 heterocycles. The second kappa shape index (κ2) is 6.23. The van der Waals surface area contributed by atoms with Crippen molar-refractivity contribution in [2.24, 2.45) is 11.8 Å². The van der Waals surface area contributed by atoms with Gasteiger partial charge in [0, 0.05) is 17.9 Å². The molecule has 0 bridgehead atoms. The first-order valence-electron chi connectivity index (χ1n) is 6.85. The SMILES string of the molecule is [CH2]C(CC(C)CC)(CC(C)CC)n1ccnc1. The van der Waals surface area contributed by atoms with Crippen LogP contribution in [0.5, 0.6) is 0 Å². The van der Waals surface area contributed by atoms with Crippen molar-refractivity contribution in [1.82, 2.24) is 9.55 Å². The molecule has 17 heavy (non-hydrogen) atoms. The quantitative estimate of drug-likeness (QED) is 0.689. The Kier molecular flexibility index (Phi) is 5.23. The zero-order chi connectivity index (χ0) is 12.9. The first-order valence-corrected chi connectivity index (χ1v) is 6.85. The van der Waals surface area contributed by atoms with Crippen LogP contribution >= 0.6 is 0 Å². The molecule has 1 radical (unpaired) electrons. The molecule has 2 unspecified atom stereocenters. The zero-order valence-electron chi connectivity index (χ0n) is 11.8. The van der Waals surface area contributed by atoms with Gasteiger partial charge in [0.1, 0.15) is 0 Å². The van der Waals surface area contributed by atoms with Gasteiger partial charge in [-0.15, -0.1) is 0 Å². The summed E-state index contributed by atoms with van der Waals surface area (Å²) < 4.78 is 2.20. The van der Waals surface area contributed by atoms with Crippen molar-refractivity contribution >= 4 is 0 Å². The zero-order valence-corrected chi connectivity index (χ0v) is 11.8. The molecule has 1 aromatic rings. The van der Waals surface area contributed by atoms with E-state index >= 15 is 0 Å². The highest BCUT2D eigenvalue weighted by molar-refractivity contribution is 4.95. The lowest BCUT2D eigenvalue weighted by Crippen LogP contribution is -2.33. The summed E-state index contributed by atoms with van der Waals surface area (Å²) in [6.07, 6.45) is 10.5. The molecule has 97 valence electrons. The molecule has 0 amide bonds. The maximum atomic E-state index is 4.51. The molecule has 0 spiro atoms. The largest absolute Gasteiger partial charge is 0.331 e. The fourth-order valence-corrected chi connectivity index (χ4v) is 2.42. The van der Waals surface area contributed by atoms with Crippen molar-refractivity contribution in [2.45, 2.75) is 58.9 Å². The van der Waals surface area contributed by atoms with E-state index in [0.29, 0.717) is 11.8 Å². The van der Waals surface area contributed by atoms with Crippen LogP contribution in [0.3, 0.4) is 0 Å². The van der Waals surface area contributed by atoms with Crippen molar-refractivity contribution in [1.29, 1.82) is 0 Å². The summed E-state index contributed by atoms with van der Waals surface area (Å²) in [5.41, 5.74) is -0.0264. The number of aromatic nitrogens is 2. The first-order chi connectivity index (χ1) is 8.01. The van der Waals surface area contributed by atoms with Gasteiger partial charge in [-0.1, -0.05) is 40.5 Å². The Hall–Kier alpha value is -0.790. The van der Waals surface area contributed by atoms with E-state index < -0.39 is 0 Å². The summed E-state index contributed by atoms with van der Waals surface area (Å²) >= 11 is 0. The van der Waals surface area contributed by atoms with E-state index in [2.05, 4.69) is 50.4 Å². The van der Waals surface area contributed by atoms with Gasteiger partial charge < -0.3 is 4.57 Å². The summed E-state index contributed by atoms with van der Waals surface area (Å²) in [7, 11) is 0. The number of hydrogen-bond acceptors (Lipinski definition) is 1. The van der Waals surface area contributed by atoms with Crippen LogP contribution in [0.25, 0.3) is 0 Å². The molecular weight excluding hydrogens is 208 g/mol. The van der Waals surface area contributed by atoms with Crippen molar-refractivity contribution in [3.8, 4) is 0 Å². The highest BCUT2D eigenvalue weighted by atomic mass is 15.1. The van der Waals surface area contributed by atoms with Gasteiger partial charge in [-0.05, 0) is 31.6 Å². The van der Waals surface area contributed by atoms with Gasteiger partial charge in [0.15, 0.2) is 0 Å². The van der Waals surface area contributed by atoms with Gasteiger partial charge >= 0.3 is 0 Å². The molecule has 2 heteroatoms. The van der Waals surface area contributed by atoms with Gasteiger partial charge in [-0.25, -0.2) is 4.98 Å². The van der Waals surface area contributed by atoms with Crippen LogP contribution in [0.2, 0.25) is 0 Å². The molecule has 0 aliphatic carbocycles. The second-order valence-electron chi connectivity index (χ2n) is 5.63. The minimum atomic E-state index is -0.0264. The smallest absolute Gasteiger partial charge is 0.0951 e. The highest BCUT2D eigenvalue weighted by Gasteiger charge is 2.29. The molecule has 0 saturated heterocycles. The minimum absolute atomic E-state index is 0.0264. The topological polar surface area (TPSA) is 17.8 Å². The Labute approximate surface area is 106 Å². The van der Waals surface area contributed by atoms with Gasteiger partial charge in [0.05, 0.1) is 6.33 Å². The molecule has 0 N–H and O–H groups in total. The lowest BCUT2D eigenvalue weighted by atomic mass is 9.81. The molecule has 0 aromatic carbocycles. The maximum absolute atomic E-state index is 4.51. The molecular formula is C15H27N2. The van der Waals surface area contributed by atoms with E-state index in [-0.39, 0.29) is 5.54 Å². The summed E-state index contributed by atoms with van der Waals surface area (Å²) in [5, 5.41) is 0. The van der Waals surface area contributed by atoms with Crippen LogP contribution in [0.4, 0.5) is 0 Å². The predicted octanol–water partition coefficient (Wildman–Crippen LogP) is 4.28. The predicted molar refractivity (Wildman–Crippen MR) is 73.7 cm³/mol. The molecule has 1 rings (SSSR count). The van der Waals surface area contributed by atoms with Gasteiger partial charge in [0.25, 0.3) is 0 Å². The normalized spacial score (nSPS) is 18.6. The van der Waals surface area contributed by atoms with E-state index in [0.717, 1.165) is 12.8 Å². The highest BCUT2D eigenvalue weighted by Crippen LogP contribution is 2.33. The van der Waals surface area contributed by atoms with E-state index in [1.807, 2.05) is 12.5 Å². The third-order valence-electron chi connectivity index (χ3n) is 3.90. The van der Waals surface area contributed by atoms with Crippen molar-refractivity contribution < 1.29 is 0 Å².